The first-order valence-corrected chi connectivity index (χ1v) is 6.84. The van der Waals surface area contributed by atoms with Gasteiger partial charge in [0.15, 0.2) is 0 Å². The molecule has 1 N–H and O–H groups in total. The molecule has 0 fully saturated rings. The van der Waals surface area contributed by atoms with Crippen molar-refractivity contribution >= 4 is 6.21 Å². The summed E-state index contributed by atoms with van der Waals surface area (Å²) in [4.78, 5) is 4.38. The number of para-hydroxylation sites is 1. The maximum absolute atomic E-state index is 9.64. The Morgan fingerprint density at radius 1 is 1.00 bits per heavy atom. The Kier molecular flexibility index (Phi) is 4.23. The normalized spacial score (nSPS) is 11.9. The summed E-state index contributed by atoms with van der Waals surface area (Å²) in [5.41, 5.74) is 3.42. The topological polar surface area (TPSA) is 32.6 Å². The van der Waals surface area contributed by atoms with Crippen LogP contribution in [0.1, 0.15) is 37.5 Å². The van der Waals surface area contributed by atoms with Crippen molar-refractivity contribution < 1.29 is 5.11 Å². The maximum Gasteiger partial charge on any atom is 0.124 e. The zero-order chi connectivity index (χ0) is 14.6. The largest absolute Gasteiger partial charge is 0.507 e. The van der Waals surface area contributed by atoms with E-state index >= 15 is 0 Å². The van der Waals surface area contributed by atoms with E-state index in [1.54, 1.807) is 18.3 Å². The van der Waals surface area contributed by atoms with Gasteiger partial charge < -0.3 is 5.11 Å². The van der Waals surface area contributed by atoms with Crippen molar-refractivity contribution in [3.05, 3.63) is 65.2 Å². The van der Waals surface area contributed by atoms with E-state index in [1.165, 1.54) is 11.1 Å². The SMILES string of the molecule is CC(C)(C)c1ccc(CN=Cc2ccccc2O)cc1. The second-order valence-corrected chi connectivity index (χ2v) is 5.98. The number of hydrogen-bond donors (Lipinski definition) is 1. The molecule has 2 heteroatoms. The van der Waals surface area contributed by atoms with Gasteiger partial charge in [0.2, 0.25) is 0 Å². The third-order valence-electron chi connectivity index (χ3n) is 3.26. The quantitative estimate of drug-likeness (QED) is 0.826. The van der Waals surface area contributed by atoms with Crippen LogP contribution in [0.5, 0.6) is 5.75 Å². The maximum atomic E-state index is 9.64. The lowest BCUT2D eigenvalue weighted by Crippen LogP contribution is -2.10. The average Bonchev–Trinajstić information content (AvgIpc) is 2.40. The van der Waals surface area contributed by atoms with E-state index in [4.69, 9.17) is 0 Å². The number of aliphatic imine (C=N–C) groups is 1. The van der Waals surface area contributed by atoms with Crippen LogP contribution in [-0.4, -0.2) is 11.3 Å². The molecule has 2 rings (SSSR count). The van der Waals surface area contributed by atoms with E-state index in [0.29, 0.717) is 6.54 Å². The summed E-state index contributed by atoms with van der Waals surface area (Å²) in [6.45, 7) is 7.24. The van der Waals surface area contributed by atoms with Gasteiger partial charge in [-0.1, -0.05) is 57.2 Å². The van der Waals surface area contributed by atoms with Gasteiger partial charge in [-0.3, -0.25) is 4.99 Å². The molecule has 0 aliphatic heterocycles. The Morgan fingerprint density at radius 3 is 2.25 bits per heavy atom. The molecule has 0 aliphatic rings. The first-order chi connectivity index (χ1) is 9.47. The van der Waals surface area contributed by atoms with Crippen molar-refractivity contribution in [2.24, 2.45) is 4.99 Å². The van der Waals surface area contributed by atoms with Gasteiger partial charge in [-0.15, -0.1) is 0 Å². The van der Waals surface area contributed by atoms with E-state index in [-0.39, 0.29) is 11.2 Å². The number of phenolic OH excluding ortho intramolecular Hbond substituents is 1. The molecule has 0 saturated heterocycles. The van der Waals surface area contributed by atoms with Crippen LogP contribution in [0.25, 0.3) is 0 Å². The Bertz CT molecular complexity index is 592. The minimum atomic E-state index is 0.178. The fraction of sp³-hybridized carbons (Fsp3) is 0.278. The van der Waals surface area contributed by atoms with Crippen LogP contribution < -0.4 is 0 Å². The molecule has 0 aromatic heterocycles. The van der Waals surface area contributed by atoms with Crippen molar-refractivity contribution in [3.8, 4) is 5.75 Å². The number of benzene rings is 2. The minimum Gasteiger partial charge on any atom is -0.507 e. The van der Waals surface area contributed by atoms with Gasteiger partial charge in [0.25, 0.3) is 0 Å². The van der Waals surface area contributed by atoms with E-state index < -0.39 is 0 Å². The van der Waals surface area contributed by atoms with E-state index in [9.17, 15) is 5.11 Å². The monoisotopic (exact) mass is 267 g/mol. The van der Waals surface area contributed by atoms with E-state index in [1.807, 2.05) is 12.1 Å². The van der Waals surface area contributed by atoms with Crippen molar-refractivity contribution in [3.63, 3.8) is 0 Å². The second-order valence-electron chi connectivity index (χ2n) is 5.98. The molecule has 0 amide bonds. The first-order valence-electron chi connectivity index (χ1n) is 6.84. The lowest BCUT2D eigenvalue weighted by Gasteiger charge is -2.18. The van der Waals surface area contributed by atoms with Crippen LogP contribution in [0.2, 0.25) is 0 Å². The highest BCUT2D eigenvalue weighted by molar-refractivity contribution is 5.83. The van der Waals surface area contributed by atoms with Crippen LogP contribution in [-0.2, 0) is 12.0 Å². The minimum absolute atomic E-state index is 0.178. The third-order valence-corrected chi connectivity index (χ3v) is 3.26. The fourth-order valence-corrected chi connectivity index (χ4v) is 1.96. The molecular formula is C18H21NO. The molecule has 2 aromatic carbocycles. The van der Waals surface area contributed by atoms with Gasteiger partial charge in [-0.05, 0) is 28.7 Å². The zero-order valence-corrected chi connectivity index (χ0v) is 12.3. The number of aromatic hydroxyl groups is 1. The van der Waals surface area contributed by atoms with Crippen LogP contribution in [0.4, 0.5) is 0 Å². The van der Waals surface area contributed by atoms with Gasteiger partial charge in [0.05, 0.1) is 6.54 Å². The number of nitrogens with zero attached hydrogens (tertiary/aromatic N) is 1. The third kappa shape index (κ3) is 3.70. The fourth-order valence-electron chi connectivity index (χ4n) is 1.96. The number of hydrogen-bond acceptors (Lipinski definition) is 2. The van der Waals surface area contributed by atoms with Crippen molar-refractivity contribution in [1.82, 2.24) is 0 Å². The Balaban J connectivity index is 2.03. The highest BCUT2D eigenvalue weighted by atomic mass is 16.3. The summed E-state index contributed by atoms with van der Waals surface area (Å²) in [6, 6.07) is 15.7. The van der Waals surface area contributed by atoms with Crippen LogP contribution >= 0.6 is 0 Å². The van der Waals surface area contributed by atoms with E-state index in [0.717, 1.165) is 5.56 Å². The predicted octanol–water partition coefficient (Wildman–Crippen LogP) is 4.31. The molecule has 104 valence electrons. The molecule has 2 aromatic rings. The summed E-state index contributed by atoms with van der Waals surface area (Å²) in [5, 5.41) is 9.64. The molecule has 0 bridgehead atoms. The average molecular weight is 267 g/mol. The first kappa shape index (κ1) is 14.3. The molecule has 0 unspecified atom stereocenters. The summed E-state index contributed by atoms with van der Waals surface area (Å²) in [7, 11) is 0. The van der Waals surface area contributed by atoms with Gasteiger partial charge in [0.1, 0.15) is 5.75 Å². The molecule has 0 heterocycles. The molecule has 0 saturated carbocycles. The smallest absolute Gasteiger partial charge is 0.124 e. The van der Waals surface area contributed by atoms with Crippen LogP contribution in [0.15, 0.2) is 53.5 Å². The van der Waals surface area contributed by atoms with E-state index in [2.05, 4.69) is 50.0 Å². The van der Waals surface area contributed by atoms with Crippen LogP contribution in [0.3, 0.4) is 0 Å². The molecule has 2 nitrogen and oxygen atoms in total. The molecule has 0 spiro atoms. The van der Waals surface area contributed by atoms with Crippen molar-refractivity contribution in [2.75, 3.05) is 0 Å². The lowest BCUT2D eigenvalue weighted by atomic mass is 9.87. The summed E-state index contributed by atoms with van der Waals surface area (Å²) < 4.78 is 0. The lowest BCUT2D eigenvalue weighted by molar-refractivity contribution is 0.474. The Morgan fingerprint density at radius 2 is 1.65 bits per heavy atom. The molecule has 0 atom stereocenters. The molecule has 20 heavy (non-hydrogen) atoms. The highest BCUT2D eigenvalue weighted by Crippen LogP contribution is 2.22. The standard InChI is InChI=1S/C18H21NO/c1-18(2,3)16-10-8-14(9-11-16)12-19-13-15-6-4-5-7-17(15)20/h4-11,13,20H,12H2,1-3H3. The molecule has 0 aliphatic carbocycles. The Labute approximate surface area is 120 Å². The van der Waals surface area contributed by atoms with Gasteiger partial charge >= 0.3 is 0 Å². The zero-order valence-electron chi connectivity index (χ0n) is 12.3. The second kappa shape index (κ2) is 5.91. The Hall–Kier alpha value is -2.09. The van der Waals surface area contributed by atoms with Crippen LogP contribution in [0, 0.1) is 0 Å². The van der Waals surface area contributed by atoms with Gasteiger partial charge in [-0.25, -0.2) is 0 Å². The predicted molar refractivity (Wildman–Crippen MR) is 84.5 cm³/mol. The van der Waals surface area contributed by atoms with Crippen molar-refractivity contribution in [2.45, 2.75) is 32.7 Å². The molecular weight excluding hydrogens is 246 g/mol. The summed E-state index contributed by atoms with van der Waals surface area (Å²) in [6.07, 6.45) is 1.72. The van der Waals surface area contributed by atoms with Gasteiger partial charge in [0, 0.05) is 11.8 Å². The summed E-state index contributed by atoms with van der Waals surface area (Å²) >= 11 is 0. The highest BCUT2D eigenvalue weighted by Gasteiger charge is 2.12. The summed E-state index contributed by atoms with van der Waals surface area (Å²) in [5.74, 6) is 0.263. The number of phenols is 1. The number of rotatable bonds is 3. The van der Waals surface area contributed by atoms with Crippen molar-refractivity contribution in [1.29, 1.82) is 0 Å². The molecule has 0 radical (unpaired) electrons. The van der Waals surface area contributed by atoms with Gasteiger partial charge in [-0.2, -0.15) is 0 Å².